The van der Waals surface area contributed by atoms with Crippen LogP contribution in [0.25, 0.3) is 0 Å². The van der Waals surface area contributed by atoms with Crippen LogP contribution in [0, 0.1) is 58.2 Å². The molecule has 0 N–H and O–H groups in total. The zero-order chi connectivity index (χ0) is 17.2. The molecule has 8 unspecified atom stereocenters. The molecule has 3 saturated carbocycles. The van der Waals surface area contributed by atoms with Gasteiger partial charge in [-0.15, -0.1) is 0 Å². The molecular formula is C23H42. The normalized spacial score (nSPS) is 53.5. The molecule has 3 aliphatic rings. The summed E-state index contributed by atoms with van der Waals surface area (Å²) < 4.78 is 0. The van der Waals surface area contributed by atoms with Gasteiger partial charge in [-0.3, -0.25) is 0 Å². The van der Waals surface area contributed by atoms with Crippen molar-refractivity contribution >= 4 is 0 Å². The Labute approximate surface area is 146 Å². The first kappa shape index (κ1) is 17.8. The summed E-state index contributed by atoms with van der Waals surface area (Å²) in [6.07, 6.45) is 7.57. The average molecular weight is 319 g/mol. The summed E-state index contributed by atoms with van der Waals surface area (Å²) in [7, 11) is 0. The fourth-order valence-electron chi connectivity index (χ4n) is 7.04. The van der Waals surface area contributed by atoms with E-state index in [1.807, 2.05) is 0 Å². The number of hydrogen-bond acceptors (Lipinski definition) is 0. The second-order valence-electron chi connectivity index (χ2n) is 11.0. The zero-order valence-corrected chi connectivity index (χ0v) is 17.2. The van der Waals surface area contributed by atoms with E-state index in [9.17, 15) is 0 Å². The Hall–Kier alpha value is 0. The lowest BCUT2D eigenvalue weighted by molar-refractivity contribution is -0.0406. The first-order valence-corrected chi connectivity index (χ1v) is 10.6. The summed E-state index contributed by atoms with van der Waals surface area (Å²) in [6, 6.07) is 0. The van der Waals surface area contributed by atoms with Crippen molar-refractivity contribution in [2.24, 2.45) is 58.2 Å². The quantitative estimate of drug-likeness (QED) is 0.523. The van der Waals surface area contributed by atoms with Gasteiger partial charge in [-0.2, -0.15) is 0 Å². The molecule has 134 valence electrons. The Morgan fingerprint density at radius 1 is 0.739 bits per heavy atom. The van der Waals surface area contributed by atoms with E-state index < -0.39 is 0 Å². The minimum atomic E-state index is 0.558. The predicted molar refractivity (Wildman–Crippen MR) is 101 cm³/mol. The standard InChI is InChI=1S/C23H42/c1-14(2)22(8)12-20(16(5)9-18(22)7)21-13-23(15(3)4)11-19(23)10-17(21)6/h14-21H,9-13H2,1-8H3. The van der Waals surface area contributed by atoms with Gasteiger partial charge in [0.15, 0.2) is 0 Å². The van der Waals surface area contributed by atoms with Gasteiger partial charge < -0.3 is 0 Å². The number of fused-ring (bicyclic) bond motifs is 1. The lowest BCUT2D eigenvalue weighted by Crippen LogP contribution is -2.45. The molecule has 3 rings (SSSR count). The minimum Gasteiger partial charge on any atom is -0.0622 e. The van der Waals surface area contributed by atoms with Gasteiger partial charge in [0.1, 0.15) is 0 Å². The van der Waals surface area contributed by atoms with Crippen molar-refractivity contribution < 1.29 is 0 Å². The predicted octanol–water partition coefficient (Wildman–Crippen LogP) is 7.04. The van der Waals surface area contributed by atoms with E-state index in [1.165, 1.54) is 19.3 Å². The largest absolute Gasteiger partial charge is 0.0622 e. The molecule has 0 heteroatoms. The lowest BCUT2D eigenvalue weighted by atomic mass is 9.52. The summed E-state index contributed by atoms with van der Waals surface area (Å²) >= 11 is 0. The summed E-state index contributed by atoms with van der Waals surface area (Å²) in [5, 5.41) is 0. The SMILES string of the molecule is CC1CC(C)C(C)(C(C)C)CC1C1CC2(C(C)C)CC2CC1C. The van der Waals surface area contributed by atoms with Crippen molar-refractivity contribution in [3.8, 4) is 0 Å². The maximum Gasteiger partial charge on any atom is -0.0240 e. The topological polar surface area (TPSA) is 0 Å². The third-order valence-corrected chi connectivity index (χ3v) is 9.56. The molecular weight excluding hydrogens is 276 g/mol. The van der Waals surface area contributed by atoms with Crippen LogP contribution in [0.5, 0.6) is 0 Å². The van der Waals surface area contributed by atoms with E-state index >= 15 is 0 Å². The van der Waals surface area contributed by atoms with Crippen LogP contribution in [-0.2, 0) is 0 Å². The Kier molecular flexibility index (Phi) is 4.47. The van der Waals surface area contributed by atoms with Crippen molar-refractivity contribution in [1.29, 1.82) is 0 Å². The average Bonchev–Trinajstić information content (AvgIpc) is 3.16. The smallest absolute Gasteiger partial charge is 0.0240 e. The second-order valence-corrected chi connectivity index (χ2v) is 11.0. The Balaban J connectivity index is 1.81. The molecule has 3 aliphatic carbocycles. The molecule has 0 spiro atoms. The fraction of sp³-hybridized carbons (Fsp3) is 1.00. The third-order valence-electron chi connectivity index (χ3n) is 9.56. The summed E-state index contributed by atoms with van der Waals surface area (Å²) in [6.45, 7) is 20.2. The maximum absolute atomic E-state index is 2.60. The molecule has 8 atom stereocenters. The Morgan fingerprint density at radius 2 is 1.30 bits per heavy atom. The first-order chi connectivity index (χ1) is 10.6. The van der Waals surface area contributed by atoms with Crippen LogP contribution in [0.1, 0.15) is 87.5 Å². The van der Waals surface area contributed by atoms with Crippen molar-refractivity contribution in [1.82, 2.24) is 0 Å². The van der Waals surface area contributed by atoms with Crippen LogP contribution in [0.4, 0.5) is 0 Å². The number of rotatable bonds is 3. The van der Waals surface area contributed by atoms with Crippen molar-refractivity contribution in [3.05, 3.63) is 0 Å². The highest BCUT2D eigenvalue weighted by Crippen LogP contribution is 2.69. The summed E-state index contributed by atoms with van der Waals surface area (Å²) in [5.41, 5.74) is 1.30. The summed E-state index contributed by atoms with van der Waals surface area (Å²) in [5.74, 6) is 7.55. The molecule has 0 heterocycles. The first-order valence-electron chi connectivity index (χ1n) is 10.6. The zero-order valence-electron chi connectivity index (χ0n) is 17.2. The molecule has 3 fully saturated rings. The van der Waals surface area contributed by atoms with Crippen LogP contribution in [0.15, 0.2) is 0 Å². The highest BCUT2D eigenvalue weighted by atomic mass is 14.7. The second kappa shape index (κ2) is 5.77. The van der Waals surface area contributed by atoms with E-state index in [-0.39, 0.29) is 0 Å². The summed E-state index contributed by atoms with van der Waals surface area (Å²) in [4.78, 5) is 0. The van der Waals surface area contributed by atoms with E-state index in [1.54, 1.807) is 12.8 Å². The third kappa shape index (κ3) is 2.71. The molecule has 0 amide bonds. The van der Waals surface area contributed by atoms with Gasteiger partial charge in [0.25, 0.3) is 0 Å². The van der Waals surface area contributed by atoms with Crippen molar-refractivity contribution in [3.63, 3.8) is 0 Å². The van der Waals surface area contributed by atoms with Gasteiger partial charge in [-0.25, -0.2) is 0 Å². The Bertz CT molecular complexity index is 435. The van der Waals surface area contributed by atoms with Gasteiger partial charge in [0.05, 0.1) is 0 Å². The molecule has 23 heavy (non-hydrogen) atoms. The van der Waals surface area contributed by atoms with Crippen LogP contribution >= 0.6 is 0 Å². The molecule has 0 radical (unpaired) electrons. The molecule has 0 nitrogen and oxygen atoms in total. The lowest BCUT2D eigenvalue weighted by Gasteiger charge is -2.53. The molecule has 0 bridgehead atoms. The molecule has 0 saturated heterocycles. The van der Waals surface area contributed by atoms with E-state index in [4.69, 9.17) is 0 Å². The van der Waals surface area contributed by atoms with Crippen LogP contribution in [-0.4, -0.2) is 0 Å². The van der Waals surface area contributed by atoms with Crippen LogP contribution in [0.3, 0.4) is 0 Å². The number of hydrogen-bond donors (Lipinski definition) is 0. The van der Waals surface area contributed by atoms with E-state index in [2.05, 4.69) is 55.4 Å². The highest BCUT2D eigenvalue weighted by molar-refractivity contribution is 5.10. The van der Waals surface area contributed by atoms with E-state index in [0.717, 1.165) is 52.8 Å². The molecule has 0 aromatic carbocycles. The van der Waals surface area contributed by atoms with Gasteiger partial charge in [0.2, 0.25) is 0 Å². The maximum atomic E-state index is 2.60. The Morgan fingerprint density at radius 3 is 1.87 bits per heavy atom. The van der Waals surface area contributed by atoms with Gasteiger partial charge >= 0.3 is 0 Å². The van der Waals surface area contributed by atoms with Gasteiger partial charge in [-0.05, 0) is 90.3 Å². The van der Waals surface area contributed by atoms with Crippen molar-refractivity contribution in [2.75, 3.05) is 0 Å². The van der Waals surface area contributed by atoms with Crippen molar-refractivity contribution in [2.45, 2.75) is 87.5 Å². The van der Waals surface area contributed by atoms with Gasteiger partial charge in [-0.1, -0.05) is 55.4 Å². The van der Waals surface area contributed by atoms with Crippen LogP contribution < -0.4 is 0 Å². The fourth-order valence-corrected chi connectivity index (χ4v) is 7.04. The molecule has 0 aromatic heterocycles. The minimum absolute atomic E-state index is 0.558. The molecule has 0 aromatic rings. The monoisotopic (exact) mass is 318 g/mol. The molecule has 0 aliphatic heterocycles. The highest BCUT2D eigenvalue weighted by Gasteiger charge is 2.61. The van der Waals surface area contributed by atoms with E-state index in [0.29, 0.717) is 5.41 Å². The van der Waals surface area contributed by atoms with Crippen LogP contribution in [0.2, 0.25) is 0 Å². The van der Waals surface area contributed by atoms with Gasteiger partial charge in [0, 0.05) is 0 Å².